The fraction of sp³-hybridized carbons (Fsp3) is 0.333. The van der Waals surface area contributed by atoms with Crippen LogP contribution in [0.25, 0.3) is 0 Å². The van der Waals surface area contributed by atoms with Crippen LogP contribution in [-0.4, -0.2) is 34.2 Å². The minimum atomic E-state index is 0.502. The van der Waals surface area contributed by atoms with Gasteiger partial charge in [0.15, 0.2) is 0 Å². The zero-order valence-corrected chi connectivity index (χ0v) is 12.2. The molecule has 2 aromatic rings. The number of benzene rings is 1. The largest absolute Gasteiger partial charge is 0.497 e. The van der Waals surface area contributed by atoms with E-state index in [0.717, 1.165) is 18.5 Å². The molecule has 0 saturated carbocycles. The SMILES string of the molecule is COc1ccc(/C(C)=N/O)c(OCCCn2ccnc2)c1. The minimum absolute atomic E-state index is 0.502. The molecule has 2 rings (SSSR count). The molecule has 0 aliphatic rings. The van der Waals surface area contributed by atoms with Gasteiger partial charge < -0.3 is 19.2 Å². The summed E-state index contributed by atoms with van der Waals surface area (Å²) in [5.41, 5.74) is 1.25. The van der Waals surface area contributed by atoms with E-state index in [2.05, 4.69) is 10.1 Å². The quantitative estimate of drug-likeness (QED) is 0.368. The van der Waals surface area contributed by atoms with E-state index < -0.39 is 0 Å². The zero-order chi connectivity index (χ0) is 15.1. The third kappa shape index (κ3) is 3.98. The van der Waals surface area contributed by atoms with Crippen LogP contribution in [0.5, 0.6) is 11.5 Å². The highest BCUT2D eigenvalue weighted by Crippen LogP contribution is 2.25. The summed E-state index contributed by atoms with van der Waals surface area (Å²) in [6.45, 7) is 3.11. The molecule has 0 aliphatic heterocycles. The molecule has 0 fully saturated rings. The van der Waals surface area contributed by atoms with Gasteiger partial charge in [0.1, 0.15) is 11.5 Å². The molecule has 0 aliphatic carbocycles. The van der Waals surface area contributed by atoms with Gasteiger partial charge in [0.05, 0.1) is 25.8 Å². The van der Waals surface area contributed by atoms with Gasteiger partial charge in [0.25, 0.3) is 0 Å². The summed E-state index contributed by atoms with van der Waals surface area (Å²) in [5.74, 6) is 1.35. The number of imidazole rings is 1. The molecular weight excluding hydrogens is 270 g/mol. The van der Waals surface area contributed by atoms with Crippen molar-refractivity contribution in [3.05, 3.63) is 42.5 Å². The van der Waals surface area contributed by atoms with Crippen molar-refractivity contribution < 1.29 is 14.7 Å². The average Bonchev–Trinajstić information content (AvgIpc) is 3.04. The highest BCUT2D eigenvalue weighted by Gasteiger charge is 2.09. The lowest BCUT2D eigenvalue weighted by Crippen LogP contribution is -2.06. The van der Waals surface area contributed by atoms with E-state index >= 15 is 0 Å². The van der Waals surface area contributed by atoms with Crippen molar-refractivity contribution in [1.82, 2.24) is 9.55 Å². The predicted octanol–water partition coefficient (Wildman–Crippen LogP) is 2.56. The third-order valence-electron chi connectivity index (χ3n) is 3.11. The summed E-state index contributed by atoms with van der Waals surface area (Å²) < 4.78 is 13.0. The summed E-state index contributed by atoms with van der Waals surface area (Å²) in [4.78, 5) is 3.99. The topological polar surface area (TPSA) is 68.9 Å². The highest BCUT2D eigenvalue weighted by molar-refractivity contribution is 6.00. The lowest BCUT2D eigenvalue weighted by molar-refractivity contribution is 0.297. The Balaban J connectivity index is 1.99. The van der Waals surface area contributed by atoms with Crippen LogP contribution in [0.3, 0.4) is 0 Å². The Kier molecular flexibility index (Phi) is 5.20. The van der Waals surface area contributed by atoms with E-state index in [0.29, 0.717) is 23.8 Å². The van der Waals surface area contributed by atoms with Crippen molar-refractivity contribution in [2.75, 3.05) is 13.7 Å². The second-order valence-electron chi connectivity index (χ2n) is 4.55. The fourth-order valence-corrected chi connectivity index (χ4v) is 1.95. The average molecular weight is 289 g/mol. The molecule has 0 bridgehead atoms. The maximum atomic E-state index is 8.93. The summed E-state index contributed by atoms with van der Waals surface area (Å²) in [6, 6.07) is 5.42. The molecule has 0 spiro atoms. The summed E-state index contributed by atoms with van der Waals surface area (Å²) in [5, 5.41) is 12.2. The molecule has 0 amide bonds. The summed E-state index contributed by atoms with van der Waals surface area (Å²) in [6.07, 6.45) is 6.30. The number of nitrogens with zero attached hydrogens (tertiary/aromatic N) is 3. The molecule has 6 heteroatoms. The van der Waals surface area contributed by atoms with Crippen LogP contribution in [0.2, 0.25) is 0 Å². The standard InChI is InChI=1S/C15H19N3O3/c1-12(17-19)14-5-4-13(20-2)10-15(14)21-9-3-7-18-8-6-16-11-18/h4-6,8,10-11,19H,3,7,9H2,1-2H3/b17-12+. The van der Waals surface area contributed by atoms with E-state index in [4.69, 9.17) is 14.7 Å². The maximum absolute atomic E-state index is 8.93. The van der Waals surface area contributed by atoms with Crippen molar-refractivity contribution in [2.45, 2.75) is 19.9 Å². The number of aromatic nitrogens is 2. The molecule has 1 heterocycles. The second kappa shape index (κ2) is 7.33. The Bertz CT molecular complexity index is 594. The first-order valence-electron chi connectivity index (χ1n) is 6.70. The summed E-state index contributed by atoms with van der Waals surface area (Å²) >= 11 is 0. The number of ether oxygens (including phenoxy) is 2. The monoisotopic (exact) mass is 289 g/mol. The van der Waals surface area contributed by atoms with Crippen molar-refractivity contribution in [2.24, 2.45) is 5.16 Å². The number of methoxy groups -OCH3 is 1. The van der Waals surface area contributed by atoms with Crippen LogP contribution in [0.15, 0.2) is 42.1 Å². The van der Waals surface area contributed by atoms with Gasteiger partial charge in [-0.05, 0) is 25.5 Å². The van der Waals surface area contributed by atoms with Gasteiger partial charge in [-0.3, -0.25) is 0 Å². The molecule has 1 aromatic carbocycles. The van der Waals surface area contributed by atoms with Gasteiger partial charge in [-0.1, -0.05) is 5.16 Å². The maximum Gasteiger partial charge on any atom is 0.132 e. The highest BCUT2D eigenvalue weighted by atomic mass is 16.5. The van der Waals surface area contributed by atoms with Crippen LogP contribution < -0.4 is 9.47 Å². The first-order valence-corrected chi connectivity index (χ1v) is 6.70. The van der Waals surface area contributed by atoms with E-state index in [1.165, 1.54) is 0 Å². The van der Waals surface area contributed by atoms with Gasteiger partial charge in [-0.2, -0.15) is 0 Å². The molecule has 112 valence electrons. The predicted molar refractivity (Wildman–Crippen MR) is 79.3 cm³/mol. The number of aryl methyl sites for hydroxylation is 1. The molecule has 0 saturated heterocycles. The lowest BCUT2D eigenvalue weighted by Gasteiger charge is -2.12. The molecule has 1 N–H and O–H groups in total. The fourth-order valence-electron chi connectivity index (χ4n) is 1.95. The van der Waals surface area contributed by atoms with Crippen molar-refractivity contribution in [3.63, 3.8) is 0 Å². The number of hydrogen-bond donors (Lipinski definition) is 1. The van der Waals surface area contributed by atoms with Gasteiger partial charge in [0.2, 0.25) is 0 Å². The number of hydrogen-bond acceptors (Lipinski definition) is 5. The number of rotatable bonds is 7. The summed E-state index contributed by atoms with van der Waals surface area (Å²) in [7, 11) is 1.60. The normalized spacial score (nSPS) is 11.4. The minimum Gasteiger partial charge on any atom is -0.497 e. The van der Waals surface area contributed by atoms with Crippen LogP contribution in [0.1, 0.15) is 18.9 Å². The van der Waals surface area contributed by atoms with E-state index in [-0.39, 0.29) is 0 Å². The molecule has 0 unspecified atom stereocenters. The van der Waals surface area contributed by atoms with Crippen LogP contribution in [0, 0.1) is 0 Å². The van der Waals surface area contributed by atoms with Gasteiger partial charge in [-0.25, -0.2) is 4.98 Å². The van der Waals surface area contributed by atoms with E-state index in [9.17, 15) is 0 Å². The van der Waals surface area contributed by atoms with Gasteiger partial charge >= 0.3 is 0 Å². The Morgan fingerprint density at radius 1 is 1.43 bits per heavy atom. The second-order valence-corrected chi connectivity index (χ2v) is 4.55. The Morgan fingerprint density at radius 3 is 2.95 bits per heavy atom. The number of oxime groups is 1. The molecule has 21 heavy (non-hydrogen) atoms. The zero-order valence-electron chi connectivity index (χ0n) is 12.2. The van der Waals surface area contributed by atoms with Crippen molar-refractivity contribution in [3.8, 4) is 11.5 Å². The molecule has 6 nitrogen and oxygen atoms in total. The van der Waals surface area contributed by atoms with Crippen molar-refractivity contribution >= 4 is 5.71 Å². The molecule has 1 aromatic heterocycles. The van der Waals surface area contributed by atoms with Gasteiger partial charge in [-0.15, -0.1) is 0 Å². The van der Waals surface area contributed by atoms with Crippen LogP contribution >= 0.6 is 0 Å². The van der Waals surface area contributed by atoms with Gasteiger partial charge in [0, 0.05) is 30.6 Å². The van der Waals surface area contributed by atoms with Crippen LogP contribution in [-0.2, 0) is 6.54 Å². The molecule has 0 radical (unpaired) electrons. The lowest BCUT2D eigenvalue weighted by atomic mass is 10.1. The van der Waals surface area contributed by atoms with Crippen LogP contribution in [0.4, 0.5) is 0 Å². The van der Waals surface area contributed by atoms with E-state index in [1.807, 2.05) is 22.9 Å². The Labute approximate surface area is 123 Å². The molecule has 0 atom stereocenters. The Morgan fingerprint density at radius 2 is 2.29 bits per heavy atom. The third-order valence-corrected chi connectivity index (χ3v) is 3.11. The van der Waals surface area contributed by atoms with Crippen molar-refractivity contribution in [1.29, 1.82) is 0 Å². The smallest absolute Gasteiger partial charge is 0.132 e. The first-order chi connectivity index (χ1) is 10.2. The Hall–Kier alpha value is -2.50. The van der Waals surface area contributed by atoms with E-state index in [1.54, 1.807) is 32.6 Å². The molecular formula is C15H19N3O3. The first kappa shape index (κ1) is 14.9.